The van der Waals surface area contributed by atoms with Crippen molar-refractivity contribution in [1.82, 2.24) is 5.32 Å². The van der Waals surface area contributed by atoms with Crippen LogP contribution in [-0.2, 0) is 22.6 Å². The molecular weight excluding hydrogens is 304 g/mol. The Hall–Kier alpha value is -3.13. The summed E-state index contributed by atoms with van der Waals surface area (Å²) >= 11 is 0. The van der Waals surface area contributed by atoms with Crippen LogP contribution in [0, 0.1) is 17.2 Å². The van der Waals surface area contributed by atoms with Crippen LogP contribution < -0.4 is 10.1 Å². The molecule has 0 saturated carbocycles. The van der Waals surface area contributed by atoms with Gasteiger partial charge in [-0.1, -0.05) is 48.5 Å². The number of carbonyl (C=O) groups excluding carboxylic acids is 2. The molecule has 24 heavy (non-hydrogen) atoms. The fourth-order valence-electron chi connectivity index (χ4n) is 2.30. The van der Waals surface area contributed by atoms with Crippen molar-refractivity contribution in [1.29, 1.82) is 5.26 Å². The summed E-state index contributed by atoms with van der Waals surface area (Å²) in [5.41, 5.74) is 1.56. The second kappa shape index (κ2) is 8.49. The number of benzene rings is 2. The number of amides is 1. The number of ether oxygens (including phenoxy) is 1. The average Bonchev–Trinajstić information content (AvgIpc) is 2.62. The van der Waals surface area contributed by atoms with E-state index in [4.69, 9.17) is 4.74 Å². The zero-order valence-corrected chi connectivity index (χ0v) is 13.4. The standard InChI is InChI=1S/C19H18N2O3/c1-24-18-10-6-5-9-15(18)11-17(22)16(12-20)19(23)21-13-14-7-3-2-4-8-14/h2-10,16H,11,13H2,1H3,(H,21,23)/t16-/m1/s1. The van der Waals surface area contributed by atoms with Crippen molar-refractivity contribution >= 4 is 11.7 Å². The van der Waals surface area contributed by atoms with Crippen LogP contribution in [0.5, 0.6) is 5.75 Å². The Morgan fingerprint density at radius 3 is 2.46 bits per heavy atom. The Bertz CT molecular complexity index is 751. The zero-order chi connectivity index (χ0) is 17.4. The molecule has 0 saturated heterocycles. The highest BCUT2D eigenvalue weighted by molar-refractivity contribution is 6.04. The number of hydrogen-bond donors (Lipinski definition) is 1. The number of nitrogens with one attached hydrogen (secondary N) is 1. The van der Waals surface area contributed by atoms with Gasteiger partial charge in [-0.15, -0.1) is 0 Å². The highest BCUT2D eigenvalue weighted by atomic mass is 16.5. The van der Waals surface area contributed by atoms with Crippen LogP contribution >= 0.6 is 0 Å². The van der Waals surface area contributed by atoms with Gasteiger partial charge >= 0.3 is 0 Å². The van der Waals surface area contributed by atoms with Gasteiger partial charge in [-0.05, 0) is 11.6 Å². The number of para-hydroxylation sites is 1. The van der Waals surface area contributed by atoms with Gasteiger partial charge in [0.1, 0.15) is 5.75 Å². The van der Waals surface area contributed by atoms with E-state index in [-0.39, 0.29) is 13.0 Å². The van der Waals surface area contributed by atoms with Crippen molar-refractivity contribution in [2.45, 2.75) is 13.0 Å². The third-order valence-electron chi connectivity index (χ3n) is 3.58. The number of carbonyl (C=O) groups is 2. The minimum absolute atomic E-state index is 0.0268. The van der Waals surface area contributed by atoms with Gasteiger partial charge in [0.05, 0.1) is 13.2 Å². The number of nitriles is 1. The number of methoxy groups -OCH3 is 1. The first kappa shape index (κ1) is 17.2. The minimum Gasteiger partial charge on any atom is -0.496 e. The Labute approximate surface area is 140 Å². The van der Waals surface area contributed by atoms with Crippen molar-refractivity contribution in [3.8, 4) is 11.8 Å². The van der Waals surface area contributed by atoms with Crippen molar-refractivity contribution in [2.75, 3.05) is 7.11 Å². The minimum atomic E-state index is -1.33. The summed E-state index contributed by atoms with van der Waals surface area (Å²) in [7, 11) is 1.51. The molecule has 0 bridgehead atoms. The summed E-state index contributed by atoms with van der Waals surface area (Å²) in [6.07, 6.45) is -0.0268. The fraction of sp³-hybridized carbons (Fsp3) is 0.211. The van der Waals surface area contributed by atoms with E-state index >= 15 is 0 Å². The summed E-state index contributed by atoms with van der Waals surface area (Å²) in [6.45, 7) is 0.278. The average molecular weight is 322 g/mol. The predicted octanol–water partition coefficient (Wildman–Crippen LogP) is 2.26. The van der Waals surface area contributed by atoms with Crippen LogP contribution in [0.3, 0.4) is 0 Å². The number of rotatable bonds is 7. The number of Topliss-reactive ketones (excluding diaryl/α,β-unsaturated/α-hetero) is 1. The predicted molar refractivity (Wildman–Crippen MR) is 89.1 cm³/mol. The molecule has 0 aromatic heterocycles. The van der Waals surface area contributed by atoms with Gasteiger partial charge in [0.2, 0.25) is 5.91 Å². The largest absolute Gasteiger partial charge is 0.496 e. The molecule has 0 aliphatic heterocycles. The normalized spacial score (nSPS) is 11.2. The molecule has 0 fully saturated rings. The van der Waals surface area contributed by atoms with E-state index in [2.05, 4.69) is 5.32 Å². The molecule has 2 aromatic rings. The Morgan fingerprint density at radius 1 is 1.12 bits per heavy atom. The zero-order valence-electron chi connectivity index (χ0n) is 13.4. The Kier molecular flexibility index (Phi) is 6.09. The van der Waals surface area contributed by atoms with Gasteiger partial charge in [0.15, 0.2) is 11.7 Å². The molecule has 1 atom stereocenters. The van der Waals surface area contributed by atoms with Gasteiger partial charge in [0.25, 0.3) is 0 Å². The Morgan fingerprint density at radius 2 is 1.79 bits per heavy atom. The molecule has 0 heterocycles. The number of ketones is 1. The summed E-state index contributed by atoms with van der Waals surface area (Å²) in [4.78, 5) is 24.5. The maximum atomic E-state index is 12.3. The van der Waals surface area contributed by atoms with Gasteiger partial charge in [-0.3, -0.25) is 9.59 Å². The second-order valence-corrected chi connectivity index (χ2v) is 5.22. The van der Waals surface area contributed by atoms with Crippen LogP contribution in [0.2, 0.25) is 0 Å². The van der Waals surface area contributed by atoms with E-state index in [0.717, 1.165) is 5.56 Å². The quantitative estimate of drug-likeness (QED) is 0.793. The third kappa shape index (κ3) is 4.43. The van der Waals surface area contributed by atoms with E-state index < -0.39 is 17.6 Å². The molecular formula is C19H18N2O3. The summed E-state index contributed by atoms with van der Waals surface area (Å²) in [6, 6.07) is 18.2. The van der Waals surface area contributed by atoms with Crippen molar-refractivity contribution < 1.29 is 14.3 Å². The lowest BCUT2D eigenvalue weighted by Gasteiger charge is -2.11. The molecule has 1 N–H and O–H groups in total. The van der Waals surface area contributed by atoms with Crippen LogP contribution in [0.15, 0.2) is 54.6 Å². The maximum absolute atomic E-state index is 12.3. The van der Waals surface area contributed by atoms with Crippen LogP contribution in [0.25, 0.3) is 0 Å². The first-order valence-corrected chi connectivity index (χ1v) is 7.51. The van der Waals surface area contributed by atoms with Crippen molar-refractivity contribution in [2.24, 2.45) is 5.92 Å². The smallest absolute Gasteiger partial charge is 0.245 e. The molecule has 0 spiro atoms. The molecule has 0 unspecified atom stereocenters. The van der Waals surface area contributed by atoms with E-state index in [9.17, 15) is 14.9 Å². The van der Waals surface area contributed by atoms with Crippen molar-refractivity contribution in [3.63, 3.8) is 0 Å². The highest BCUT2D eigenvalue weighted by Gasteiger charge is 2.26. The number of hydrogen-bond acceptors (Lipinski definition) is 4. The van der Waals surface area contributed by atoms with Gasteiger partial charge in [0, 0.05) is 18.5 Å². The van der Waals surface area contributed by atoms with Gasteiger partial charge in [-0.2, -0.15) is 5.26 Å². The lowest BCUT2D eigenvalue weighted by molar-refractivity contribution is -0.131. The molecule has 2 rings (SSSR count). The summed E-state index contributed by atoms with van der Waals surface area (Å²) in [5, 5.41) is 11.8. The highest BCUT2D eigenvalue weighted by Crippen LogP contribution is 2.19. The lowest BCUT2D eigenvalue weighted by atomic mass is 9.97. The molecule has 0 radical (unpaired) electrons. The third-order valence-corrected chi connectivity index (χ3v) is 3.58. The van der Waals surface area contributed by atoms with Crippen LogP contribution in [0.1, 0.15) is 11.1 Å². The molecule has 5 nitrogen and oxygen atoms in total. The number of nitrogens with zero attached hydrogens (tertiary/aromatic N) is 1. The van der Waals surface area contributed by atoms with Gasteiger partial charge < -0.3 is 10.1 Å². The van der Waals surface area contributed by atoms with Crippen LogP contribution in [-0.4, -0.2) is 18.8 Å². The first-order valence-electron chi connectivity index (χ1n) is 7.51. The van der Waals surface area contributed by atoms with E-state index in [1.807, 2.05) is 30.3 Å². The Balaban J connectivity index is 2.00. The lowest BCUT2D eigenvalue weighted by Crippen LogP contribution is -2.35. The molecule has 1 amide bonds. The fourth-order valence-corrected chi connectivity index (χ4v) is 2.30. The maximum Gasteiger partial charge on any atom is 0.245 e. The van der Waals surface area contributed by atoms with E-state index in [0.29, 0.717) is 11.3 Å². The van der Waals surface area contributed by atoms with Crippen molar-refractivity contribution in [3.05, 3.63) is 65.7 Å². The molecule has 122 valence electrons. The molecule has 0 aliphatic rings. The molecule has 0 aliphatic carbocycles. The first-order chi connectivity index (χ1) is 11.7. The molecule has 5 heteroatoms. The summed E-state index contributed by atoms with van der Waals surface area (Å²) in [5.74, 6) is -1.81. The topological polar surface area (TPSA) is 79.2 Å². The van der Waals surface area contributed by atoms with E-state index in [1.54, 1.807) is 30.3 Å². The monoisotopic (exact) mass is 322 g/mol. The molecule has 2 aromatic carbocycles. The second-order valence-electron chi connectivity index (χ2n) is 5.22. The summed E-state index contributed by atoms with van der Waals surface area (Å²) < 4.78 is 5.19. The van der Waals surface area contributed by atoms with Gasteiger partial charge in [-0.25, -0.2) is 0 Å². The van der Waals surface area contributed by atoms with Crippen LogP contribution in [0.4, 0.5) is 0 Å². The SMILES string of the molecule is COc1ccccc1CC(=O)[C@@H](C#N)C(=O)NCc1ccccc1. The van der Waals surface area contributed by atoms with E-state index in [1.165, 1.54) is 7.11 Å².